The van der Waals surface area contributed by atoms with Crippen LogP contribution in [-0.4, -0.2) is 42.0 Å². The number of hydrogen-bond donors (Lipinski definition) is 2. The summed E-state index contributed by atoms with van der Waals surface area (Å²) < 4.78 is 5.49. The number of morpholine rings is 1. The van der Waals surface area contributed by atoms with Crippen molar-refractivity contribution in [1.82, 2.24) is 15.2 Å². The third-order valence-electron chi connectivity index (χ3n) is 6.36. The molecule has 5 rings (SSSR count). The first-order valence-corrected chi connectivity index (χ1v) is 11.5. The second-order valence-corrected chi connectivity index (χ2v) is 8.49. The molecule has 5 nitrogen and oxygen atoms in total. The van der Waals surface area contributed by atoms with Crippen molar-refractivity contribution >= 4 is 16.7 Å². The lowest BCUT2D eigenvalue weighted by molar-refractivity contribution is 0.0340. The molecule has 1 fully saturated rings. The van der Waals surface area contributed by atoms with Crippen LogP contribution in [0.1, 0.15) is 33.1 Å². The Hall–Kier alpha value is -3.25. The van der Waals surface area contributed by atoms with Crippen molar-refractivity contribution in [3.63, 3.8) is 0 Å². The molecule has 1 atom stereocenters. The fraction of sp³-hybridized carbons (Fsp3) is 0.250. The molecule has 1 aliphatic heterocycles. The molecule has 1 unspecified atom stereocenters. The molecule has 33 heavy (non-hydrogen) atoms. The van der Waals surface area contributed by atoms with Crippen LogP contribution in [0, 0.1) is 0 Å². The molecular formula is C28H29N3O2. The van der Waals surface area contributed by atoms with E-state index in [9.17, 15) is 4.79 Å². The van der Waals surface area contributed by atoms with E-state index in [0.717, 1.165) is 49.3 Å². The van der Waals surface area contributed by atoms with E-state index in [-0.39, 0.29) is 5.78 Å². The van der Waals surface area contributed by atoms with Gasteiger partial charge < -0.3 is 9.72 Å². The van der Waals surface area contributed by atoms with Crippen LogP contribution >= 0.6 is 0 Å². The summed E-state index contributed by atoms with van der Waals surface area (Å²) in [5, 5.41) is 4.53. The number of nitrogens with zero attached hydrogens (tertiary/aromatic N) is 1. The Morgan fingerprint density at radius 1 is 0.909 bits per heavy atom. The summed E-state index contributed by atoms with van der Waals surface area (Å²) in [5.41, 5.74) is 5.17. The van der Waals surface area contributed by atoms with Crippen molar-refractivity contribution in [3.05, 3.63) is 107 Å². The molecule has 0 saturated carbocycles. The van der Waals surface area contributed by atoms with Gasteiger partial charge in [0.1, 0.15) is 0 Å². The molecule has 1 saturated heterocycles. The number of nitrogens with one attached hydrogen (secondary N) is 2. The minimum atomic E-state index is -0.429. The zero-order chi connectivity index (χ0) is 22.5. The van der Waals surface area contributed by atoms with E-state index >= 15 is 0 Å². The van der Waals surface area contributed by atoms with Gasteiger partial charge in [-0.3, -0.25) is 15.0 Å². The number of ketones is 1. The quantitative estimate of drug-likeness (QED) is 0.390. The predicted octanol–water partition coefficient (Wildman–Crippen LogP) is 4.71. The van der Waals surface area contributed by atoms with Crippen molar-refractivity contribution in [2.45, 2.75) is 19.1 Å². The first-order valence-electron chi connectivity index (χ1n) is 11.5. The minimum Gasteiger partial charge on any atom is -0.379 e. The molecule has 1 aromatic heterocycles. The van der Waals surface area contributed by atoms with E-state index in [0.29, 0.717) is 12.1 Å². The van der Waals surface area contributed by atoms with Gasteiger partial charge in [0, 0.05) is 48.8 Å². The molecule has 0 spiro atoms. The Bertz CT molecular complexity index is 1210. The van der Waals surface area contributed by atoms with Gasteiger partial charge in [0.2, 0.25) is 0 Å². The number of rotatable bonds is 8. The number of carbonyl (C=O) groups is 1. The molecule has 0 aliphatic carbocycles. The standard InChI is InChI=1S/C28H29N3O2/c32-28(25-19-29-26-13-7-6-12-24(25)26)27(21-8-2-1-3-9-21)30-18-22-10-4-5-11-23(22)20-31-14-16-33-17-15-31/h1-13,19,27,29-30H,14-18,20H2. The van der Waals surface area contributed by atoms with Gasteiger partial charge in [-0.25, -0.2) is 0 Å². The van der Waals surface area contributed by atoms with Crippen LogP contribution in [0.3, 0.4) is 0 Å². The fourth-order valence-electron chi connectivity index (χ4n) is 4.53. The first-order chi connectivity index (χ1) is 16.3. The maximum atomic E-state index is 13.7. The lowest BCUT2D eigenvalue weighted by Gasteiger charge is -2.27. The summed E-state index contributed by atoms with van der Waals surface area (Å²) in [5.74, 6) is 0.0734. The van der Waals surface area contributed by atoms with Gasteiger partial charge in [-0.2, -0.15) is 0 Å². The largest absolute Gasteiger partial charge is 0.379 e. The van der Waals surface area contributed by atoms with Crippen molar-refractivity contribution in [3.8, 4) is 0 Å². The van der Waals surface area contributed by atoms with Crippen LogP contribution in [0.5, 0.6) is 0 Å². The molecule has 5 heteroatoms. The third-order valence-corrected chi connectivity index (χ3v) is 6.36. The smallest absolute Gasteiger partial charge is 0.186 e. The van der Waals surface area contributed by atoms with Gasteiger partial charge in [0.15, 0.2) is 5.78 Å². The lowest BCUT2D eigenvalue weighted by Crippen LogP contribution is -2.36. The second-order valence-electron chi connectivity index (χ2n) is 8.49. The van der Waals surface area contributed by atoms with Gasteiger partial charge >= 0.3 is 0 Å². The third kappa shape index (κ3) is 4.91. The van der Waals surface area contributed by atoms with Gasteiger partial charge in [-0.1, -0.05) is 72.8 Å². The van der Waals surface area contributed by atoms with E-state index in [1.807, 2.05) is 60.8 Å². The molecule has 168 valence electrons. The number of benzene rings is 3. The van der Waals surface area contributed by atoms with E-state index in [2.05, 4.69) is 39.5 Å². The number of para-hydroxylation sites is 1. The molecule has 0 bridgehead atoms. The van der Waals surface area contributed by atoms with E-state index in [4.69, 9.17) is 4.74 Å². The number of ether oxygens (including phenoxy) is 1. The maximum absolute atomic E-state index is 13.7. The highest BCUT2D eigenvalue weighted by Crippen LogP contribution is 2.25. The van der Waals surface area contributed by atoms with Crippen LogP contribution in [0.25, 0.3) is 10.9 Å². The van der Waals surface area contributed by atoms with Crippen LogP contribution in [-0.2, 0) is 17.8 Å². The van der Waals surface area contributed by atoms with Crippen LogP contribution < -0.4 is 5.32 Å². The SMILES string of the molecule is O=C(c1c[nH]c2ccccc12)C(NCc1ccccc1CN1CCOCC1)c1ccccc1. The van der Waals surface area contributed by atoms with Gasteiger partial charge in [0.05, 0.1) is 19.3 Å². The summed E-state index contributed by atoms with van der Waals surface area (Å²) in [7, 11) is 0. The summed E-state index contributed by atoms with van der Waals surface area (Å²) in [4.78, 5) is 19.4. The molecule has 2 N–H and O–H groups in total. The topological polar surface area (TPSA) is 57.4 Å². The molecule has 3 aromatic carbocycles. The number of fused-ring (bicyclic) bond motifs is 1. The van der Waals surface area contributed by atoms with Gasteiger partial charge in [-0.05, 0) is 22.8 Å². The normalized spacial score (nSPS) is 15.5. The van der Waals surface area contributed by atoms with Crippen LogP contribution in [0.4, 0.5) is 0 Å². The Labute approximate surface area is 194 Å². The number of aromatic nitrogens is 1. The molecule has 1 aliphatic rings. The molecule has 0 amide bonds. The number of carbonyl (C=O) groups excluding carboxylic acids is 1. The van der Waals surface area contributed by atoms with Crippen LogP contribution in [0.2, 0.25) is 0 Å². The highest BCUT2D eigenvalue weighted by atomic mass is 16.5. The zero-order valence-corrected chi connectivity index (χ0v) is 18.7. The predicted molar refractivity (Wildman–Crippen MR) is 131 cm³/mol. The Kier molecular flexibility index (Phi) is 6.63. The molecule has 2 heterocycles. The van der Waals surface area contributed by atoms with E-state index in [1.54, 1.807) is 0 Å². The van der Waals surface area contributed by atoms with Gasteiger partial charge in [0.25, 0.3) is 0 Å². The fourth-order valence-corrected chi connectivity index (χ4v) is 4.53. The van der Waals surface area contributed by atoms with Crippen LogP contribution in [0.15, 0.2) is 85.1 Å². The van der Waals surface area contributed by atoms with Crippen molar-refractivity contribution in [2.75, 3.05) is 26.3 Å². The maximum Gasteiger partial charge on any atom is 0.186 e. The zero-order valence-electron chi connectivity index (χ0n) is 18.7. The summed E-state index contributed by atoms with van der Waals surface area (Å²) in [6, 6.07) is 26.0. The second kappa shape index (κ2) is 10.1. The lowest BCUT2D eigenvalue weighted by atomic mass is 9.96. The minimum absolute atomic E-state index is 0.0734. The van der Waals surface area contributed by atoms with Crippen molar-refractivity contribution in [2.24, 2.45) is 0 Å². The monoisotopic (exact) mass is 439 g/mol. The van der Waals surface area contributed by atoms with Gasteiger partial charge in [-0.15, -0.1) is 0 Å². The Morgan fingerprint density at radius 3 is 2.42 bits per heavy atom. The number of H-pyrrole nitrogens is 1. The highest BCUT2D eigenvalue weighted by molar-refractivity contribution is 6.10. The number of Topliss-reactive ketones (excluding diaryl/α,β-unsaturated/α-hetero) is 1. The summed E-state index contributed by atoms with van der Waals surface area (Å²) >= 11 is 0. The van der Waals surface area contributed by atoms with E-state index in [1.165, 1.54) is 11.1 Å². The van der Waals surface area contributed by atoms with E-state index < -0.39 is 6.04 Å². The molecule has 4 aromatic rings. The Morgan fingerprint density at radius 2 is 1.61 bits per heavy atom. The molecule has 0 radical (unpaired) electrons. The van der Waals surface area contributed by atoms with Crippen molar-refractivity contribution < 1.29 is 9.53 Å². The average molecular weight is 440 g/mol. The first kappa shape index (κ1) is 21.6. The number of hydrogen-bond acceptors (Lipinski definition) is 4. The summed E-state index contributed by atoms with van der Waals surface area (Å²) in [6.07, 6.45) is 1.83. The summed E-state index contributed by atoms with van der Waals surface area (Å²) in [6.45, 7) is 4.99. The number of aromatic amines is 1. The Balaban J connectivity index is 1.39. The molecular weight excluding hydrogens is 410 g/mol. The highest BCUT2D eigenvalue weighted by Gasteiger charge is 2.24. The average Bonchev–Trinajstić information content (AvgIpc) is 3.30. The van der Waals surface area contributed by atoms with Crippen molar-refractivity contribution in [1.29, 1.82) is 0 Å².